The Bertz CT molecular complexity index is 336. The lowest BCUT2D eigenvalue weighted by molar-refractivity contribution is -0.139. The third kappa shape index (κ3) is 3.06. The number of methoxy groups -OCH3 is 1. The number of carboxylic acid groups (broad SMARTS) is 1. The number of carbonyl (C=O) groups is 1. The molecule has 1 aliphatic rings. The van der Waals surface area contributed by atoms with E-state index in [1.165, 1.54) is 0 Å². The molecule has 0 saturated heterocycles. The molecular formula is C10H14ClF3O3. The summed E-state index contributed by atoms with van der Waals surface area (Å²) in [5, 5.41) is 8.80. The van der Waals surface area contributed by atoms with Crippen molar-refractivity contribution in [2.75, 3.05) is 7.11 Å². The first-order valence-electron chi connectivity index (χ1n) is 4.68. The number of halogens is 4. The van der Waals surface area contributed by atoms with Crippen LogP contribution < -0.4 is 0 Å². The van der Waals surface area contributed by atoms with Crippen LogP contribution in [0.15, 0.2) is 11.8 Å². The van der Waals surface area contributed by atoms with Crippen molar-refractivity contribution in [2.45, 2.75) is 20.0 Å². The van der Waals surface area contributed by atoms with E-state index in [1.54, 1.807) is 13.8 Å². The fraction of sp³-hybridized carbons (Fsp3) is 0.700. The molecular weight excluding hydrogens is 261 g/mol. The smallest absolute Gasteiger partial charge is 0.448 e. The largest absolute Gasteiger partial charge is 0.492 e. The van der Waals surface area contributed by atoms with Gasteiger partial charge in [0, 0.05) is 5.92 Å². The molecule has 1 fully saturated rings. The van der Waals surface area contributed by atoms with Crippen LogP contribution in [0.25, 0.3) is 0 Å². The molecule has 0 aromatic carbocycles. The van der Waals surface area contributed by atoms with Gasteiger partial charge in [-0.3, -0.25) is 4.79 Å². The van der Waals surface area contributed by atoms with Crippen molar-refractivity contribution >= 4 is 18.4 Å². The lowest BCUT2D eigenvalue weighted by atomic mass is 10.1. The number of carboxylic acids is 1. The van der Waals surface area contributed by atoms with Gasteiger partial charge >= 0.3 is 12.1 Å². The quantitative estimate of drug-likeness (QED) is 0.805. The number of aliphatic carboxylic acids is 1. The minimum atomic E-state index is -4.57. The Morgan fingerprint density at radius 2 is 1.88 bits per heavy atom. The van der Waals surface area contributed by atoms with Crippen LogP contribution in [0.4, 0.5) is 13.2 Å². The molecule has 0 aliphatic heterocycles. The molecule has 1 rings (SSSR count). The second-order valence-electron chi connectivity index (χ2n) is 4.40. The maximum absolute atomic E-state index is 12.3. The van der Waals surface area contributed by atoms with Crippen molar-refractivity contribution in [3.63, 3.8) is 0 Å². The maximum atomic E-state index is 12.3. The van der Waals surface area contributed by atoms with Crippen LogP contribution in [0, 0.1) is 17.3 Å². The van der Waals surface area contributed by atoms with Gasteiger partial charge in [0.2, 0.25) is 0 Å². The Hall–Kier alpha value is -0.910. The predicted octanol–water partition coefficient (Wildman–Crippen LogP) is 2.86. The molecule has 0 aromatic rings. The summed E-state index contributed by atoms with van der Waals surface area (Å²) >= 11 is 0. The summed E-state index contributed by atoms with van der Waals surface area (Å²) < 4.78 is 41.3. The SMILES string of the molecule is COC(=CC1C(C(=O)O)C1(C)C)C(F)(F)F.Cl. The highest BCUT2D eigenvalue weighted by molar-refractivity contribution is 5.85. The molecule has 7 heteroatoms. The van der Waals surface area contributed by atoms with Gasteiger partial charge in [-0.1, -0.05) is 13.8 Å². The topological polar surface area (TPSA) is 46.5 Å². The molecule has 0 aromatic heterocycles. The molecule has 2 atom stereocenters. The number of rotatable bonds is 3. The van der Waals surface area contributed by atoms with E-state index >= 15 is 0 Å². The van der Waals surface area contributed by atoms with Crippen molar-refractivity contribution in [3.05, 3.63) is 11.8 Å². The van der Waals surface area contributed by atoms with Crippen LogP contribution in [0.5, 0.6) is 0 Å². The Kier molecular flexibility index (Phi) is 4.50. The first-order valence-corrected chi connectivity index (χ1v) is 4.68. The highest BCUT2D eigenvalue weighted by Gasteiger charge is 2.61. The fourth-order valence-electron chi connectivity index (χ4n) is 1.90. The zero-order chi connectivity index (χ0) is 12.7. The van der Waals surface area contributed by atoms with Gasteiger partial charge in [0.05, 0.1) is 13.0 Å². The molecule has 1 saturated carbocycles. The highest BCUT2D eigenvalue weighted by atomic mass is 35.5. The van der Waals surface area contributed by atoms with Gasteiger partial charge in [-0.25, -0.2) is 0 Å². The standard InChI is InChI=1S/C10H13F3O3.ClH/c1-9(2)5(7(9)8(14)15)4-6(16-3)10(11,12)13;/h4-5,7H,1-3H3,(H,14,15);1H. The van der Waals surface area contributed by atoms with Gasteiger partial charge in [0.15, 0.2) is 5.76 Å². The Morgan fingerprint density at radius 1 is 1.41 bits per heavy atom. The lowest BCUT2D eigenvalue weighted by Crippen LogP contribution is -2.14. The van der Waals surface area contributed by atoms with Crippen LogP contribution in [-0.4, -0.2) is 24.4 Å². The average Bonchev–Trinajstić information content (AvgIpc) is 2.61. The summed E-state index contributed by atoms with van der Waals surface area (Å²) in [6.07, 6.45) is -3.71. The van der Waals surface area contributed by atoms with Crippen LogP contribution in [0.3, 0.4) is 0 Å². The molecule has 0 spiro atoms. The van der Waals surface area contributed by atoms with E-state index in [4.69, 9.17) is 5.11 Å². The predicted molar refractivity (Wildman–Crippen MR) is 56.8 cm³/mol. The van der Waals surface area contributed by atoms with E-state index < -0.39 is 35.2 Å². The van der Waals surface area contributed by atoms with E-state index in [0.717, 1.165) is 13.2 Å². The van der Waals surface area contributed by atoms with Gasteiger partial charge in [-0.05, 0) is 11.5 Å². The molecule has 2 unspecified atom stereocenters. The molecule has 3 nitrogen and oxygen atoms in total. The second-order valence-corrected chi connectivity index (χ2v) is 4.40. The van der Waals surface area contributed by atoms with Crippen molar-refractivity contribution < 1.29 is 27.8 Å². The molecule has 0 radical (unpaired) electrons. The van der Waals surface area contributed by atoms with Gasteiger partial charge in [0.1, 0.15) is 0 Å². The minimum Gasteiger partial charge on any atom is -0.492 e. The Morgan fingerprint density at radius 3 is 2.12 bits per heavy atom. The fourth-order valence-corrected chi connectivity index (χ4v) is 1.90. The van der Waals surface area contributed by atoms with Crippen molar-refractivity contribution in [1.29, 1.82) is 0 Å². The minimum absolute atomic E-state index is 0. The zero-order valence-corrected chi connectivity index (χ0v) is 10.4. The summed E-state index contributed by atoms with van der Waals surface area (Å²) in [7, 11) is 0.921. The summed E-state index contributed by atoms with van der Waals surface area (Å²) in [6.45, 7) is 3.24. The molecule has 17 heavy (non-hydrogen) atoms. The van der Waals surface area contributed by atoms with Gasteiger partial charge in [-0.15, -0.1) is 12.4 Å². The van der Waals surface area contributed by atoms with E-state index in [1.807, 2.05) is 0 Å². The average molecular weight is 275 g/mol. The normalized spacial score (nSPS) is 27.1. The van der Waals surface area contributed by atoms with Gasteiger partial charge < -0.3 is 9.84 Å². The highest BCUT2D eigenvalue weighted by Crippen LogP contribution is 2.59. The second kappa shape index (κ2) is 4.76. The number of alkyl halides is 3. The Labute approximate surface area is 103 Å². The molecule has 0 heterocycles. The monoisotopic (exact) mass is 274 g/mol. The van der Waals surface area contributed by atoms with E-state index in [9.17, 15) is 18.0 Å². The summed E-state index contributed by atoms with van der Waals surface area (Å²) in [4.78, 5) is 10.8. The Balaban J connectivity index is 0.00000256. The van der Waals surface area contributed by atoms with E-state index in [0.29, 0.717) is 0 Å². The van der Waals surface area contributed by atoms with Crippen molar-refractivity contribution in [1.82, 2.24) is 0 Å². The molecule has 0 bridgehead atoms. The summed E-state index contributed by atoms with van der Waals surface area (Å²) in [6, 6.07) is 0. The molecule has 100 valence electrons. The molecule has 1 N–H and O–H groups in total. The van der Waals surface area contributed by atoms with E-state index in [2.05, 4.69) is 4.74 Å². The van der Waals surface area contributed by atoms with Gasteiger partial charge in [-0.2, -0.15) is 13.2 Å². The van der Waals surface area contributed by atoms with Crippen LogP contribution in [0.1, 0.15) is 13.8 Å². The summed E-state index contributed by atoms with van der Waals surface area (Å²) in [5.41, 5.74) is -0.652. The van der Waals surface area contributed by atoms with Crippen LogP contribution in [0.2, 0.25) is 0 Å². The van der Waals surface area contributed by atoms with Crippen LogP contribution >= 0.6 is 12.4 Å². The third-order valence-corrected chi connectivity index (χ3v) is 3.01. The molecule has 0 amide bonds. The van der Waals surface area contributed by atoms with E-state index in [-0.39, 0.29) is 12.4 Å². The maximum Gasteiger partial charge on any atom is 0.448 e. The van der Waals surface area contributed by atoms with Crippen molar-refractivity contribution in [2.24, 2.45) is 17.3 Å². The van der Waals surface area contributed by atoms with Gasteiger partial charge in [0.25, 0.3) is 0 Å². The first kappa shape index (κ1) is 16.1. The number of ether oxygens (including phenoxy) is 1. The third-order valence-electron chi connectivity index (χ3n) is 3.01. The number of allylic oxidation sites excluding steroid dienone is 2. The summed E-state index contributed by atoms with van der Waals surface area (Å²) in [5.74, 6) is -3.63. The molecule has 1 aliphatic carbocycles. The number of hydrogen-bond acceptors (Lipinski definition) is 2. The first-order chi connectivity index (χ1) is 7.12. The van der Waals surface area contributed by atoms with Crippen LogP contribution in [-0.2, 0) is 9.53 Å². The lowest BCUT2D eigenvalue weighted by Gasteiger charge is -2.10. The zero-order valence-electron chi connectivity index (χ0n) is 9.54. The number of hydrogen-bond donors (Lipinski definition) is 1. The van der Waals surface area contributed by atoms with Crippen molar-refractivity contribution in [3.8, 4) is 0 Å².